The molecule has 3 aromatic rings. The monoisotopic (exact) mass is 498 g/mol. The normalized spacial score (nSPS) is 16.9. The fourth-order valence-corrected chi connectivity index (χ4v) is 6.59. The van der Waals surface area contributed by atoms with Gasteiger partial charge in [0.05, 0.1) is 16.6 Å². The summed E-state index contributed by atoms with van der Waals surface area (Å²) in [6, 6.07) is 6.89. The predicted octanol–water partition coefficient (Wildman–Crippen LogP) is 4.56. The van der Waals surface area contributed by atoms with Gasteiger partial charge in [0.2, 0.25) is 15.0 Å². The van der Waals surface area contributed by atoms with E-state index in [4.69, 9.17) is 11.6 Å². The molecule has 0 unspecified atom stereocenters. The Labute approximate surface area is 192 Å². The lowest BCUT2D eigenvalue weighted by Crippen LogP contribution is -2.31. The molecule has 1 atom stereocenters. The first kappa shape index (κ1) is 22.7. The maximum atomic E-state index is 13.8. The third-order valence-electron chi connectivity index (χ3n) is 5.11. The quantitative estimate of drug-likeness (QED) is 0.557. The summed E-state index contributed by atoms with van der Waals surface area (Å²) in [7, 11) is -3.86. The highest BCUT2D eigenvalue weighted by Gasteiger charge is 2.39. The van der Waals surface area contributed by atoms with Gasteiger partial charge >= 0.3 is 0 Å². The van der Waals surface area contributed by atoms with Gasteiger partial charge in [0.1, 0.15) is 16.6 Å². The minimum atomic E-state index is -3.86. The number of benzene rings is 2. The van der Waals surface area contributed by atoms with Gasteiger partial charge in [-0.1, -0.05) is 29.0 Å². The largest absolute Gasteiger partial charge is 0.317 e. The lowest BCUT2D eigenvalue weighted by molar-refractivity contribution is 0.102. The first-order valence-corrected chi connectivity index (χ1v) is 12.2. The van der Waals surface area contributed by atoms with E-state index in [1.807, 2.05) is 0 Å². The summed E-state index contributed by atoms with van der Waals surface area (Å²) >= 11 is 7.04. The maximum absolute atomic E-state index is 13.8. The molecule has 32 heavy (non-hydrogen) atoms. The van der Waals surface area contributed by atoms with Gasteiger partial charge in [-0.2, -0.15) is 4.31 Å². The molecular weight excluding hydrogens is 482 g/mol. The van der Waals surface area contributed by atoms with E-state index in [0.717, 1.165) is 23.5 Å². The molecule has 7 nitrogen and oxygen atoms in total. The second kappa shape index (κ2) is 8.81. The van der Waals surface area contributed by atoms with Crippen LogP contribution in [0.4, 0.5) is 14.5 Å². The number of hydrogen-bond acceptors (Lipinski definition) is 6. The Balaban J connectivity index is 1.58. The molecule has 1 aliphatic rings. The summed E-state index contributed by atoms with van der Waals surface area (Å²) < 4.78 is 54.8. The molecule has 1 aromatic heterocycles. The van der Waals surface area contributed by atoms with Crippen LogP contribution in [0.2, 0.25) is 5.02 Å². The van der Waals surface area contributed by atoms with Crippen molar-refractivity contribution in [3.63, 3.8) is 0 Å². The molecule has 0 spiro atoms. The van der Waals surface area contributed by atoms with Crippen LogP contribution < -0.4 is 5.32 Å². The van der Waals surface area contributed by atoms with E-state index < -0.39 is 33.6 Å². The van der Waals surface area contributed by atoms with Crippen LogP contribution in [0.3, 0.4) is 0 Å². The number of anilines is 1. The molecule has 2 heterocycles. The zero-order chi connectivity index (χ0) is 23.0. The molecule has 4 rings (SSSR count). The van der Waals surface area contributed by atoms with Gasteiger partial charge in [0, 0.05) is 17.6 Å². The van der Waals surface area contributed by atoms with E-state index in [2.05, 4.69) is 15.5 Å². The number of nitrogens with zero attached hydrogens (tertiary/aromatic N) is 3. The van der Waals surface area contributed by atoms with Crippen molar-refractivity contribution >= 4 is 44.6 Å². The standard InChI is InChI=1S/C20H17ClF2N4O3S2/c1-11-13(21)4-2-6-17(11)32(29,30)27-9-3-5-16(27)19-25-26-20(31-19)18(28)24-15-8-7-12(22)10-14(15)23/h2,4,6-8,10,16H,3,5,9H2,1H3,(H,24,28)/t16-/m1/s1. The summed E-state index contributed by atoms with van der Waals surface area (Å²) in [6.45, 7) is 1.93. The lowest BCUT2D eigenvalue weighted by Gasteiger charge is -2.23. The second-order valence-electron chi connectivity index (χ2n) is 7.16. The smallest absolute Gasteiger partial charge is 0.286 e. The van der Waals surface area contributed by atoms with Crippen LogP contribution in [0.15, 0.2) is 41.3 Å². The molecule has 0 aliphatic carbocycles. The van der Waals surface area contributed by atoms with Gasteiger partial charge in [0.25, 0.3) is 5.91 Å². The highest BCUT2D eigenvalue weighted by Crippen LogP contribution is 2.39. The van der Waals surface area contributed by atoms with Crippen molar-refractivity contribution in [2.75, 3.05) is 11.9 Å². The summed E-state index contributed by atoms with van der Waals surface area (Å²) in [6.07, 6.45) is 1.13. The van der Waals surface area contributed by atoms with Crippen LogP contribution in [0.1, 0.15) is 39.3 Å². The Bertz CT molecular complexity index is 1300. The molecule has 1 N–H and O–H groups in total. The number of carbonyl (C=O) groups excluding carboxylic acids is 1. The van der Waals surface area contributed by atoms with E-state index in [1.165, 1.54) is 10.4 Å². The Morgan fingerprint density at radius 3 is 2.78 bits per heavy atom. The van der Waals surface area contributed by atoms with E-state index in [-0.39, 0.29) is 15.6 Å². The molecule has 2 aromatic carbocycles. The third-order valence-corrected chi connectivity index (χ3v) is 8.59. The van der Waals surface area contributed by atoms with Crippen molar-refractivity contribution in [3.8, 4) is 0 Å². The van der Waals surface area contributed by atoms with Crippen molar-refractivity contribution < 1.29 is 22.0 Å². The number of rotatable bonds is 5. The predicted molar refractivity (Wildman–Crippen MR) is 116 cm³/mol. The minimum Gasteiger partial charge on any atom is -0.317 e. The van der Waals surface area contributed by atoms with E-state index in [0.29, 0.717) is 41.0 Å². The molecule has 1 aliphatic heterocycles. The Kier molecular flexibility index (Phi) is 6.26. The Morgan fingerprint density at radius 2 is 2.03 bits per heavy atom. The molecule has 1 amide bonds. The SMILES string of the molecule is Cc1c(Cl)cccc1S(=O)(=O)N1CCC[C@@H]1c1nnc(C(=O)Nc2ccc(F)cc2F)s1. The van der Waals surface area contributed by atoms with Gasteiger partial charge in [-0.05, 0) is 49.6 Å². The number of amides is 1. The number of aromatic nitrogens is 2. The summed E-state index contributed by atoms with van der Waals surface area (Å²) in [4.78, 5) is 12.6. The van der Waals surface area contributed by atoms with Crippen LogP contribution in [0.5, 0.6) is 0 Å². The van der Waals surface area contributed by atoms with Gasteiger partial charge in [-0.15, -0.1) is 10.2 Å². The van der Waals surface area contributed by atoms with Crippen molar-refractivity contribution in [2.45, 2.75) is 30.7 Å². The first-order valence-electron chi connectivity index (χ1n) is 9.55. The van der Waals surface area contributed by atoms with Crippen LogP contribution in [-0.4, -0.2) is 35.4 Å². The number of carbonyl (C=O) groups is 1. The first-order chi connectivity index (χ1) is 15.2. The Morgan fingerprint density at radius 1 is 1.25 bits per heavy atom. The van der Waals surface area contributed by atoms with Crippen molar-refractivity contribution in [2.24, 2.45) is 0 Å². The minimum absolute atomic E-state index is 0.0630. The van der Waals surface area contributed by atoms with Crippen LogP contribution in [0.25, 0.3) is 0 Å². The highest BCUT2D eigenvalue weighted by atomic mass is 35.5. The van der Waals surface area contributed by atoms with Crippen molar-refractivity contribution in [1.29, 1.82) is 0 Å². The fourth-order valence-electron chi connectivity index (χ4n) is 3.50. The number of nitrogens with one attached hydrogen (secondary N) is 1. The zero-order valence-corrected chi connectivity index (χ0v) is 19.1. The Hall–Kier alpha value is -2.47. The van der Waals surface area contributed by atoms with Crippen LogP contribution >= 0.6 is 22.9 Å². The van der Waals surface area contributed by atoms with Crippen LogP contribution in [0, 0.1) is 18.6 Å². The fraction of sp³-hybridized carbons (Fsp3) is 0.250. The number of sulfonamides is 1. The van der Waals surface area contributed by atoms with Crippen LogP contribution in [-0.2, 0) is 10.0 Å². The summed E-state index contributed by atoms with van der Waals surface area (Å²) in [5, 5.41) is 10.8. The number of hydrogen-bond donors (Lipinski definition) is 1. The van der Waals surface area contributed by atoms with Gasteiger partial charge in [-0.25, -0.2) is 17.2 Å². The molecule has 12 heteroatoms. The third kappa shape index (κ3) is 4.25. The van der Waals surface area contributed by atoms with Gasteiger partial charge in [-0.3, -0.25) is 4.79 Å². The molecule has 0 radical (unpaired) electrons. The van der Waals surface area contributed by atoms with Crippen molar-refractivity contribution in [1.82, 2.24) is 14.5 Å². The summed E-state index contributed by atoms with van der Waals surface area (Å²) in [5.41, 5.74) is 0.258. The second-order valence-corrected chi connectivity index (χ2v) is 10.4. The molecule has 1 saturated heterocycles. The lowest BCUT2D eigenvalue weighted by atomic mass is 10.2. The molecule has 0 bridgehead atoms. The molecule has 0 saturated carbocycles. The summed E-state index contributed by atoms with van der Waals surface area (Å²) in [5.74, 6) is -2.42. The molecule has 168 valence electrons. The van der Waals surface area contributed by atoms with Gasteiger partial charge in [0.15, 0.2) is 0 Å². The zero-order valence-electron chi connectivity index (χ0n) is 16.7. The highest BCUT2D eigenvalue weighted by molar-refractivity contribution is 7.89. The average Bonchev–Trinajstić information content (AvgIpc) is 3.41. The maximum Gasteiger partial charge on any atom is 0.286 e. The van der Waals surface area contributed by atoms with Gasteiger partial charge < -0.3 is 5.32 Å². The van der Waals surface area contributed by atoms with Crippen molar-refractivity contribution in [3.05, 3.63) is 68.6 Å². The molecule has 1 fully saturated rings. The van der Waals surface area contributed by atoms with E-state index in [9.17, 15) is 22.0 Å². The molecular formula is C20H17ClF2N4O3S2. The van der Waals surface area contributed by atoms with E-state index in [1.54, 1.807) is 19.1 Å². The van der Waals surface area contributed by atoms with E-state index >= 15 is 0 Å². The number of halogens is 3. The topological polar surface area (TPSA) is 92.3 Å². The average molecular weight is 499 g/mol.